The summed E-state index contributed by atoms with van der Waals surface area (Å²) >= 11 is 0. The third-order valence-corrected chi connectivity index (χ3v) is 0. The van der Waals surface area contributed by atoms with E-state index in [1.54, 1.807) is 0 Å². The third-order valence-electron chi connectivity index (χ3n) is 0. The van der Waals surface area contributed by atoms with Crippen LogP contribution in [0, 0.1) is 0 Å². The van der Waals surface area contributed by atoms with Gasteiger partial charge in [0, 0.05) is 0 Å². The largest absolute Gasteiger partial charge is 0.412 e. The van der Waals surface area contributed by atoms with Gasteiger partial charge in [0.2, 0.25) is 0 Å². The molecule has 0 spiro atoms. The second-order valence-corrected chi connectivity index (χ2v) is 0. The van der Waals surface area contributed by atoms with Crippen molar-refractivity contribution in [1.29, 1.82) is 0 Å². The maximum Gasteiger partial charge on any atom is -0.0776 e. The van der Waals surface area contributed by atoms with Crippen LogP contribution in [0.4, 0.5) is 0 Å². The molecule has 0 unspecified atom stereocenters. The van der Waals surface area contributed by atoms with Gasteiger partial charge < -0.3 is 5.48 Å². The summed E-state index contributed by atoms with van der Waals surface area (Å²) in [6, 6.07) is 0. The van der Waals surface area contributed by atoms with E-state index in [0.29, 0.717) is 0 Å². The van der Waals surface area contributed by atoms with Gasteiger partial charge in [-0.05, 0) is 0 Å². The third kappa shape index (κ3) is 9.26. The maximum absolute atomic E-state index is 3.00. The Morgan fingerprint density at radius 2 is 1.00 bits per heavy atom. The summed E-state index contributed by atoms with van der Waals surface area (Å²) in [5, 5.41) is 0. The number of hydrogen-bond acceptors (Lipinski definition) is 0. The van der Waals surface area contributed by atoms with Crippen LogP contribution >= 0.6 is 0 Å². The van der Waals surface area contributed by atoms with Crippen molar-refractivity contribution in [2.24, 2.45) is 0 Å². The Morgan fingerprint density at radius 3 is 1.00 bits per heavy atom. The monoisotopic (exact) mass is 62.1 g/mol. The molecule has 0 aliphatic heterocycles. The lowest BCUT2D eigenvalue weighted by atomic mass is 11.3. The van der Waals surface area contributed by atoms with Gasteiger partial charge in [0.1, 0.15) is 0 Å². The summed E-state index contributed by atoms with van der Waals surface area (Å²) in [5.74, 6) is 0. The number of rotatable bonds is 0. The highest BCUT2D eigenvalue weighted by Crippen LogP contribution is 0.862. The molecule has 28 valence electrons. The molecular weight excluding hydrogens is 52.0 g/mol. The zero-order chi connectivity index (χ0) is 2.00. The zero-order valence-corrected chi connectivity index (χ0v) is 1.91. The highest BCUT2D eigenvalue weighted by molar-refractivity contribution is 4.22. The predicted molar refractivity (Wildman–Crippen MR) is 21.6 cm³/mol. The maximum atomic E-state index is 3.00. The molecule has 0 aliphatic carbocycles. The first-order chi connectivity index (χ1) is 1.00. The van der Waals surface area contributed by atoms with E-state index >= 15 is 0 Å². The van der Waals surface area contributed by atoms with E-state index in [1.807, 2.05) is 0 Å². The summed E-state index contributed by atoms with van der Waals surface area (Å²) < 4.78 is 0. The van der Waals surface area contributed by atoms with Crippen LogP contribution in [0.25, 0.3) is 0 Å². The van der Waals surface area contributed by atoms with Crippen LogP contribution < -0.4 is 0 Å². The molecular formula is C3H10O. The summed E-state index contributed by atoms with van der Waals surface area (Å²) in [7, 11) is 0. The van der Waals surface area contributed by atoms with Crippen LogP contribution in [0.1, 0.15) is 7.43 Å². The molecule has 0 aromatic heterocycles. The lowest BCUT2D eigenvalue weighted by molar-refractivity contribution is 0.824. The lowest BCUT2D eigenvalue weighted by Gasteiger charge is -0.813. The molecule has 1 nitrogen and oxygen atoms in total. The molecule has 0 bridgehead atoms. The van der Waals surface area contributed by atoms with Crippen molar-refractivity contribution in [2.45, 2.75) is 7.43 Å². The standard InChI is InChI=1S/C2H4.CH4.H2O/c1-2;;/h1-2H2;1H4;1H2. The topological polar surface area (TPSA) is 31.5 Å². The molecule has 0 atom stereocenters. The fourth-order valence-corrected chi connectivity index (χ4v) is 0. The van der Waals surface area contributed by atoms with Crippen LogP contribution in [0.3, 0.4) is 0 Å². The van der Waals surface area contributed by atoms with E-state index in [1.165, 1.54) is 0 Å². The minimum atomic E-state index is 0. The van der Waals surface area contributed by atoms with Gasteiger partial charge in [0.05, 0.1) is 0 Å². The van der Waals surface area contributed by atoms with Gasteiger partial charge >= 0.3 is 0 Å². The van der Waals surface area contributed by atoms with Crippen LogP contribution in [0.15, 0.2) is 13.2 Å². The van der Waals surface area contributed by atoms with Crippen molar-refractivity contribution >= 4 is 0 Å². The van der Waals surface area contributed by atoms with Crippen molar-refractivity contribution in [3.05, 3.63) is 13.2 Å². The molecule has 0 aromatic rings. The molecule has 0 rings (SSSR count). The van der Waals surface area contributed by atoms with Crippen molar-refractivity contribution in [3.8, 4) is 0 Å². The van der Waals surface area contributed by atoms with Gasteiger partial charge in [-0.15, -0.1) is 13.2 Å². The van der Waals surface area contributed by atoms with Crippen molar-refractivity contribution < 1.29 is 5.48 Å². The normalized spacial score (nSPS) is 1.00. The fourth-order valence-electron chi connectivity index (χ4n) is 0. The van der Waals surface area contributed by atoms with E-state index in [-0.39, 0.29) is 12.9 Å². The minimum Gasteiger partial charge on any atom is -0.412 e. The Balaban J connectivity index is -0.00000000500. The molecule has 4 heavy (non-hydrogen) atoms. The van der Waals surface area contributed by atoms with Crippen LogP contribution in [-0.2, 0) is 0 Å². The second kappa shape index (κ2) is 86.7. The van der Waals surface area contributed by atoms with E-state index in [0.717, 1.165) is 0 Å². The minimum absolute atomic E-state index is 0. The first kappa shape index (κ1) is 55.0. The molecule has 0 aromatic carbocycles. The van der Waals surface area contributed by atoms with Gasteiger partial charge in [-0.1, -0.05) is 7.43 Å². The molecule has 0 radical (unpaired) electrons. The Kier molecular flexibility index (Phi) is 1190. The zero-order valence-electron chi connectivity index (χ0n) is 1.91. The molecule has 0 amide bonds. The summed E-state index contributed by atoms with van der Waals surface area (Å²) in [6.45, 7) is 6.00. The Bertz CT molecular complexity index is 3.25. The van der Waals surface area contributed by atoms with Gasteiger partial charge in [-0.25, -0.2) is 0 Å². The summed E-state index contributed by atoms with van der Waals surface area (Å²) in [5.41, 5.74) is 0. The van der Waals surface area contributed by atoms with Crippen molar-refractivity contribution in [3.63, 3.8) is 0 Å². The van der Waals surface area contributed by atoms with Crippen molar-refractivity contribution in [1.82, 2.24) is 0 Å². The van der Waals surface area contributed by atoms with Crippen LogP contribution in [-0.4, -0.2) is 5.48 Å². The van der Waals surface area contributed by atoms with Gasteiger partial charge in [-0.2, -0.15) is 0 Å². The smallest absolute Gasteiger partial charge is 0.0776 e. The highest BCUT2D eigenvalue weighted by Gasteiger charge is 0.601. The average Bonchev–Trinajstić information content (AvgIpc) is 1.00. The van der Waals surface area contributed by atoms with E-state index in [4.69, 9.17) is 0 Å². The average molecular weight is 62.1 g/mol. The Hall–Kier alpha value is -0.300. The fraction of sp³-hybridized carbons (Fsp3) is 0.333. The Labute approximate surface area is 27.3 Å². The first-order valence-corrected chi connectivity index (χ1v) is 0.500. The van der Waals surface area contributed by atoms with Gasteiger partial charge in [0.15, 0.2) is 0 Å². The predicted octanol–water partition coefficient (Wildman–Crippen LogP) is 0.614. The molecule has 1 heteroatoms. The molecule has 0 saturated heterocycles. The quantitative estimate of drug-likeness (QED) is 0.368. The molecule has 0 saturated carbocycles. The van der Waals surface area contributed by atoms with Crippen LogP contribution in [0.2, 0.25) is 0 Å². The van der Waals surface area contributed by atoms with E-state index < -0.39 is 0 Å². The molecule has 0 aliphatic rings. The molecule has 2 N–H and O–H groups in total. The van der Waals surface area contributed by atoms with E-state index in [2.05, 4.69) is 13.2 Å². The molecule has 0 heterocycles. The van der Waals surface area contributed by atoms with E-state index in [9.17, 15) is 0 Å². The lowest BCUT2D eigenvalue weighted by Crippen LogP contribution is -0.552. The summed E-state index contributed by atoms with van der Waals surface area (Å²) in [4.78, 5) is 0. The first-order valence-electron chi connectivity index (χ1n) is 0.500. The number of hydrogen-bond donors (Lipinski definition) is 0. The van der Waals surface area contributed by atoms with Gasteiger partial charge in [-0.3, -0.25) is 0 Å². The van der Waals surface area contributed by atoms with Crippen molar-refractivity contribution in [2.75, 3.05) is 0 Å². The summed E-state index contributed by atoms with van der Waals surface area (Å²) in [6.07, 6.45) is 0. The Morgan fingerprint density at radius 1 is 1.00 bits per heavy atom. The van der Waals surface area contributed by atoms with Crippen LogP contribution in [0.5, 0.6) is 0 Å². The molecule has 0 fully saturated rings. The highest BCUT2D eigenvalue weighted by atomic mass is 16.0. The van der Waals surface area contributed by atoms with Gasteiger partial charge in [0.25, 0.3) is 0 Å². The SMILES string of the molecule is C.C=C.O. The second-order valence-electron chi connectivity index (χ2n) is 0.